The zero-order chi connectivity index (χ0) is 16.8. The van der Waals surface area contributed by atoms with Crippen molar-refractivity contribution in [3.05, 3.63) is 78.1 Å². The summed E-state index contributed by atoms with van der Waals surface area (Å²) in [5.41, 5.74) is 2.59. The van der Waals surface area contributed by atoms with E-state index in [4.69, 9.17) is 4.74 Å². The standard InChI is InChI=1S/C19H19N3O2/c1-24-18-9-5-6-15(12-18)10-11-20-19(23)16-13-21-22(14-16)17-7-3-2-4-8-17/h2-9,12-14H,10-11H2,1H3,(H,20,23). The molecule has 0 atom stereocenters. The van der Waals surface area contributed by atoms with Crippen LogP contribution in [0.3, 0.4) is 0 Å². The lowest BCUT2D eigenvalue weighted by molar-refractivity contribution is 0.0954. The summed E-state index contributed by atoms with van der Waals surface area (Å²) >= 11 is 0. The Bertz CT molecular complexity index is 812. The first-order valence-electron chi connectivity index (χ1n) is 7.77. The lowest BCUT2D eigenvalue weighted by atomic mass is 10.1. The number of methoxy groups -OCH3 is 1. The molecule has 5 nitrogen and oxygen atoms in total. The van der Waals surface area contributed by atoms with E-state index in [1.165, 1.54) is 0 Å². The first-order valence-corrected chi connectivity index (χ1v) is 7.77. The summed E-state index contributed by atoms with van der Waals surface area (Å²) in [7, 11) is 1.64. The number of amides is 1. The van der Waals surface area contributed by atoms with Crippen LogP contribution < -0.4 is 10.1 Å². The van der Waals surface area contributed by atoms with Crippen molar-refractivity contribution < 1.29 is 9.53 Å². The van der Waals surface area contributed by atoms with Crippen LogP contribution in [0.4, 0.5) is 0 Å². The third-order valence-corrected chi connectivity index (χ3v) is 3.70. The minimum atomic E-state index is -0.125. The van der Waals surface area contributed by atoms with Crippen molar-refractivity contribution in [2.24, 2.45) is 0 Å². The van der Waals surface area contributed by atoms with Crippen molar-refractivity contribution in [2.45, 2.75) is 6.42 Å². The van der Waals surface area contributed by atoms with Gasteiger partial charge in [-0.15, -0.1) is 0 Å². The van der Waals surface area contributed by atoms with Gasteiger partial charge in [-0.1, -0.05) is 30.3 Å². The van der Waals surface area contributed by atoms with Gasteiger partial charge in [0.05, 0.1) is 24.6 Å². The lowest BCUT2D eigenvalue weighted by Gasteiger charge is -2.06. The van der Waals surface area contributed by atoms with Crippen molar-refractivity contribution in [1.29, 1.82) is 0 Å². The maximum Gasteiger partial charge on any atom is 0.254 e. The summed E-state index contributed by atoms with van der Waals surface area (Å²) in [6.45, 7) is 0.558. The fourth-order valence-corrected chi connectivity index (χ4v) is 2.41. The molecule has 24 heavy (non-hydrogen) atoms. The molecule has 1 N–H and O–H groups in total. The summed E-state index contributed by atoms with van der Waals surface area (Å²) in [6, 6.07) is 17.5. The molecule has 0 aliphatic rings. The van der Waals surface area contributed by atoms with E-state index in [0.29, 0.717) is 12.1 Å². The number of nitrogens with one attached hydrogen (secondary N) is 1. The fraction of sp³-hybridized carbons (Fsp3) is 0.158. The highest BCUT2D eigenvalue weighted by Gasteiger charge is 2.09. The van der Waals surface area contributed by atoms with Gasteiger partial charge < -0.3 is 10.1 Å². The molecular weight excluding hydrogens is 302 g/mol. The topological polar surface area (TPSA) is 56.1 Å². The zero-order valence-corrected chi connectivity index (χ0v) is 13.5. The molecule has 0 bridgehead atoms. The molecule has 0 aliphatic heterocycles. The second-order valence-electron chi connectivity index (χ2n) is 5.37. The molecule has 1 amide bonds. The number of rotatable bonds is 6. The Morgan fingerprint density at radius 3 is 2.79 bits per heavy atom. The predicted octanol–water partition coefficient (Wildman–Crippen LogP) is 2.85. The van der Waals surface area contributed by atoms with E-state index in [0.717, 1.165) is 23.4 Å². The van der Waals surface area contributed by atoms with Gasteiger partial charge in [-0.05, 0) is 36.2 Å². The first kappa shape index (κ1) is 15.8. The Balaban J connectivity index is 1.56. The van der Waals surface area contributed by atoms with E-state index in [-0.39, 0.29) is 5.91 Å². The number of carbonyl (C=O) groups excluding carboxylic acids is 1. The van der Waals surface area contributed by atoms with Crippen LogP contribution in [0.2, 0.25) is 0 Å². The normalized spacial score (nSPS) is 10.4. The lowest BCUT2D eigenvalue weighted by Crippen LogP contribution is -2.25. The second-order valence-corrected chi connectivity index (χ2v) is 5.37. The van der Waals surface area contributed by atoms with Crippen LogP contribution in [-0.2, 0) is 6.42 Å². The fourth-order valence-electron chi connectivity index (χ4n) is 2.41. The molecule has 0 spiro atoms. The summed E-state index contributed by atoms with van der Waals surface area (Å²) < 4.78 is 6.89. The quantitative estimate of drug-likeness (QED) is 0.759. The average molecular weight is 321 g/mol. The van der Waals surface area contributed by atoms with Crippen LogP contribution in [0.15, 0.2) is 67.0 Å². The Kier molecular flexibility index (Phi) is 4.91. The van der Waals surface area contributed by atoms with Gasteiger partial charge >= 0.3 is 0 Å². The van der Waals surface area contributed by atoms with Gasteiger partial charge in [-0.25, -0.2) is 4.68 Å². The van der Waals surface area contributed by atoms with Crippen LogP contribution in [0, 0.1) is 0 Å². The van der Waals surface area contributed by atoms with Crippen molar-refractivity contribution in [3.63, 3.8) is 0 Å². The van der Waals surface area contributed by atoms with Gasteiger partial charge in [0.15, 0.2) is 0 Å². The summed E-state index contributed by atoms with van der Waals surface area (Å²) in [5.74, 6) is 0.697. The first-order chi connectivity index (χ1) is 11.8. The number of para-hydroxylation sites is 1. The smallest absolute Gasteiger partial charge is 0.254 e. The highest BCUT2D eigenvalue weighted by atomic mass is 16.5. The molecule has 5 heteroatoms. The zero-order valence-electron chi connectivity index (χ0n) is 13.5. The number of nitrogens with zero attached hydrogens (tertiary/aromatic N) is 2. The molecule has 0 unspecified atom stereocenters. The summed E-state index contributed by atoms with van der Waals surface area (Å²) in [6.07, 6.45) is 4.06. The minimum absolute atomic E-state index is 0.125. The number of benzene rings is 2. The number of ether oxygens (including phenoxy) is 1. The van der Waals surface area contributed by atoms with E-state index in [1.54, 1.807) is 24.2 Å². The van der Waals surface area contributed by atoms with E-state index in [1.807, 2.05) is 54.6 Å². The van der Waals surface area contributed by atoms with Crippen LogP contribution >= 0.6 is 0 Å². The average Bonchev–Trinajstić information content (AvgIpc) is 3.13. The van der Waals surface area contributed by atoms with Crippen LogP contribution in [-0.4, -0.2) is 29.3 Å². The SMILES string of the molecule is COc1cccc(CCNC(=O)c2cnn(-c3ccccc3)c2)c1. The third kappa shape index (κ3) is 3.81. The number of hydrogen-bond donors (Lipinski definition) is 1. The number of carbonyl (C=O) groups is 1. The Labute approximate surface area is 140 Å². The molecule has 122 valence electrons. The van der Waals surface area contributed by atoms with E-state index < -0.39 is 0 Å². The van der Waals surface area contributed by atoms with E-state index in [9.17, 15) is 4.79 Å². The molecule has 0 fully saturated rings. The van der Waals surface area contributed by atoms with Crippen molar-refractivity contribution >= 4 is 5.91 Å². The maximum absolute atomic E-state index is 12.2. The molecule has 1 aromatic heterocycles. The molecule has 0 aliphatic carbocycles. The molecule has 0 saturated heterocycles. The van der Waals surface area contributed by atoms with Crippen molar-refractivity contribution in [1.82, 2.24) is 15.1 Å². The predicted molar refractivity (Wildman–Crippen MR) is 92.6 cm³/mol. The summed E-state index contributed by atoms with van der Waals surface area (Å²) in [4.78, 5) is 12.2. The van der Waals surface area contributed by atoms with Gasteiger partial charge in [0.25, 0.3) is 5.91 Å². The second kappa shape index (κ2) is 7.46. The van der Waals surface area contributed by atoms with E-state index >= 15 is 0 Å². The highest BCUT2D eigenvalue weighted by Crippen LogP contribution is 2.12. The van der Waals surface area contributed by atoms with Gasteiger partial charge in [0.2, 0.25) is 0 Å². The maximum atomic E-state index is 12.2. The molecule has 1 heterocycles. The van der Waals surface area contributed by atoms with Crippen LogP contribution in [0.25, 0.3) is 5.69 Å². The minimum Gasteiger partial charge on any atom is -0.497 e. The number of hydrogen-bond acceptors (Lipinski definition) is 3. The third-order valence-electron chi connectivity index (χ3n) is 3.70. The Morgan fingerprint density at radius 2 is 2.00 bits per heavy atom. The molecule has 3 aromatic rings. The van der Waals surface area contributed by atoms with Gasteiger partial charge in [-0.3, -0.25) is 4.79 Å². The van der Waals surface area contributed by atoms with Gasteiger partial charge in [0.1, 0.15) is 5.75 Å². The largest absolute Gasteiger partial charge is 0.497 e. The van der Waals surface area contributed by atoms with Crippen LogP contribution in [0.5, 0.6) is 5.75 Å². The molecule has 0 saturated carbocycles. The van der Waals surface area contributed by atoms with Crippen LogP contribution in [0.1, 0.15) is 15.9 Å². The Morgan fingerprint density at radius 1 is 1.17 bits per heavy atom. The highest BCUT2D eigenvalue weighted by molar-refractivity contribution is 5.93. The molecule has 3 rings (SSSR count). The van der Waals surface area contributed by atoms with Gasteiger partial charge in [0, 0.05) is 12.7 Å². The van der Waals surface area contributed by atoms with E-state index in [2.05, 4.69) is 10.4 Å². The van der Waals surface area contributed by atoms with Gasteiger partial charge in [-0.2, -0.15) is 5.10 Å². The Hall–Kier alpha value is -3.08. The molecular formula is C19H19N3O2. The monoisotopic (exact) mass is 321 g/mol. The molecule has 2 aromatic carbocycles. The number of aromatic nitrogens is 2. The summed E-state index contributed by atoms with van der Waals surface area (Å²) in [5, 5.41) is 7.15. The van der Waals surface area contributed by atoms with Crippen molar-refractivity contribution in [2.75, 3.05) is 13.7 Å². The molecule has 0 radical (unpaired) electrons. The van der Waals surface area contributed by atoms with Crippen molar-refractivity contribution in [3.8, 4) is 11.4 Å².